The molecule has 1 aromatic carbocycles. The average molecular weight is 275 g/mol. The molecule has 0 aromatic heterocycles. The number of nitriles is 1. The summed E-state index contributed by atoms with van der Waals surface area (Å²) in [6.07, 6.45) is 0.132. The highest BCUT2D eigenvalue weighted by Gasteiger charge is 2.04. The van der Waals surface area contributed by atoms with Gasteiger partial charge in [-0.1, -0.05) is 12.1 Å². The van der Waals surface area contributed by atoms with Gasteiger partial charge in [0.1, 0.15) is 6.42 Å². The lowest BCUT2D eigenvalue weighted by atomic mass is 10.2. The van der Waals surface area contributed by atoms with Crippen molar-refractivity contribution in [2.24, 2.45) is 0 Å². The summed E-state index contributed by atoms with van der Waals surface area (Å²) in [7, 11) is 1.54. The third-order valence-electron chi connectivity index (χ3n) is 2.47. The van der Waals surface area contributed by atoms with E-state index in [0.717, 1.165) is 5.56 Å². The van der Waals surface area contributed by atoms with Crippen molar-refractivity contribution < 1.29 is 14.3 Å². The molecule has 6 heteroatoms. The largest absolute Gasteiger partial charge is 0.384 e. The quantitative estimate of drug-likeness (QED) is 0.782. The van der Waals surface area contributed by atoms with Gasteiger partial charge in [0.25, 0.3) is 0 Å². The van der Waals surface area contributed by atoms with Crippen LogP contribution in [0.5, 0.6) is 0 Å². The molecule has 2 N–H and O–H groups in total. The maximum atomic E-state index is 11.4. The van der Waals surface area contributed by atoms with Gasteiger partial charge in [0, 0.05) is 25.8 Å². The first kappa shape index (κ1) is 15.7. The Morgan fingerprint density at radius 1 is 1.35 bits per heavy atom. The van der Waals surface area contributed by atoms with Gasteiger partial charge in [0.05, 0.1) is 12.7 Å². The van der Waals surface area contributed by atoms with Gasteiger partial charge in [0.2, 0.25) is 11.8 Å². The topological polar surface area (TPSA) is 91.2 Å². The Hall–Kier alpha value is -2.39. The van der Waals surface area contributed by atoms with Crippen molar-refractivity contribution in [1.82, 2.24) is 5.32 Å². The maximum absolute atomic E-state index is 11.4. The maximum Gasteiger partial charge on any atom is 0.238 e. The third-order valence-corrected chi connectivity index (χ3v) is 2.47. The van der Waals surface area contributed by atoms with Crippen LogP contribution in [-0.4, -0.2) is 25.5 Å². The number of nitrogens with zero attached hydrogens (tertiary/aromatic N) is 1. The van der Waals surface area contributed by atoms with Crippen LogP contribution in [0.15, 0.2) is 24.3 Å². The van der Waals surface area contributed by atoms with Crippen LogP contribution in [0.2, 0.25) is 0 Å². The second-order valence-corrected chi connectivity index (χ2v) is 4.10. The zero-order chi connectivity index (χ0) is 14.8. The predicted octanol–water partition coefficient (Wildman–Crippen LogP) is 1.19. The zero-order valence-corrected chi connectivity index (χ0v) is 11.3. The molecule has 20 heavy (non-hydrogen) atoms. The average Bonchev–Trinajstić information content (AvgIpc) is 2.43. The van der Waals surface area contributed by atoms with Crippen LogP contribution >= 0.6 is 0 Å². The van der Waals surface area contributed by atoms with Crippen LogP contribution in [0.25, 0.3) is 0 Å². The highest BCUT2D eigenvalue weighted by atomic mass is 16.5. The minimum Gasteiger partial charge on any atom is -0.384 e. The molecule has 0 atom stereocenters. The Kier molecular flexibility index (Phi) is 6.79. The van der Waals surface area contributed by atoms with Gasteiger partial charge in [-0.05, 0) is 17.7 Å². The molecule has 0 saturated heterocycles. The van der Waals surface area contributed by atoms with Gasteiger partial charge >= 0.3 is 0 Å². The molecule has 0 aliphatic heterocycles. The highest BCUT2D eigenvalue weighted by molar-refractivity contribution is 5.92. The molecule has 0 heterocycles. The number of benzene rings is 1. The van der Waals surface area contributed by atoms with Gasteiger partial charge < -0.3 is 15.4 Å². The van der Waals surface area contributed by atoms with E-state index in [4.69, 9.17) is 10.00 Å². The first-order valence-electron chi connectivity index (χ1n) is 6.17. The molecule has 1 aromatic rings. The number of ether oxygens (including phenoxy) is 1. The van der Waals surface area contributed by atoms with Gasteiger partial charge in [-0.15, -0.1) is 0 Å². The minimum absolute atomic E-state index is 0.0919. The Morgan fingerprint density at radius 2 is 2.15 bits per heavy atom. The lowest BCUT2D eigenvalue weighted by Gasteiger charge is -2.08. The van der Waals surface area contributed by atoms with Crippen LogP contribution in [0, 0.1) is 11.3 Å². The van der Waals surface area contributed by atoms with E-state index in [9.17, 15) is 9.59 Å². The van der Waals surface area contributed by atoms with Crippen molar-refractivity contribution in [2.75, 3.05) is 19.0 Å². The summed E-state index contributed by atoms with van der Waals surface area (Å²) in [5, 5.41) is 13.8. The van der Waals surface area contributed by atoms with Crippen LogP contribution < -0.4 is 10.6 Å². The summed E-state index contributed by atoms with van der Waals surface area (Å²) in [6.45, 7) is 0.764. The second-order valence-electron chi connectivity index (χ2n) is 4.10. The lowest BCUT2D eigenvalue weighted by molar-refractivity contribution is -0.122. The molecule has 0 fully saturated rings. The molecule has 2 amide bonds. The number of methoxy groups -OCH3 is 1. The molecule has 0 aliphatic carbocycles. The van der Waals surface area contributed by atoms with Gasteiger partial charge in [0.15, 0.2) is 0 Å². The van der Waals surface area contributed by atoms with Gasteiger partial charge in [-0.3, -0.25) is 9.59 Å². The van der Waals surface area contributed by atoms with E-state index in [1.807, 2.05) is 6.07 Å². The van der Waals surface area contributed by atoms with Crippen LogP contribution in [0.1, 0.15) is 18.4 Å². The molecule has 0 spiro atoms. The Balaban J connectivity index is 2.49. The summed E-state index contributed by atoms with van der Waals surface area (Å²) in [4.78, 5) is 22.7. The van der Waals surface area contributed by atoms with E-state index in [0.29, 0.717) is 25.3 Å². The molecular weight excluding hydrogens is 258 g/mol. The van der Waals surface area contributed by atoms with E-state index in [1.54, 1.807) is 31.4 Å². The number of anilines is 1. The number of nitrogens with one attached hydrogen (secondary N) is 2. The molecule has 1 rings (SSSR count). The van der Waals surface area contributed by atoms with Crippen LogP contribution in [0.4, 0.5) is 5.69 Å². The van der Waals surface area contributed by atoms with Crippen molar-refractivity contribution in [3.63, 3.8) is 0 Å². The fraction of sp³-hybridized carbons (Fsp3) is 0.357. The van der Waals surface area contributed by atoms with E-state index >= 15 is 0 Å². The number of carbonyl (C=O) groups is 2. The second kappa shape index (κ2) is 8.67. The van der Waals surface area contributed by atoms with Crippen LogP contribution in [0.3, 0.4) is 0 Å². The number of hydrogen-bond acceptors (Lipinski definition) is 4. The predicted molar refractivity (Wildman–Crippen MR) is 73.6 cm³/mol. The molecule has 0 bridgehead atoms. The number of hydrogen-bond donors (Lipinski definition) is 2. The molecule has 0 saturated carbocycles. The Morgan fingerprint density at radius 3 is 2.85 bits per heavy atom. The first-order chi connectivity index (χ1) is 9.65. The Bertz CT molecular complexity index is 509. The lowest BCUT2D eigenvalue weighted by Crippen LogP contribution is -2.23. The fourth-order valence-corrected chi connectivity index (χ4v) is 1.52. The number of rotatable bonds is 7. The van der Waals surface area contributed by atoms with Crippen molar-refractivity contribution in [2.45, 2.75) is 19.4 Å². The smallest absolute Gasteiger partial charge is 0.238 e. The van der Waals surface area contributed by atoms with E-state index in [-0.39, 0.29) is 18.2 Å². The summed E-state index contributed by atoms with van der Waals surface area (Å²) >= 11 is 0. The van der Waals surface area contributed by atoms with E-state index < -0.39 is 0 Å². The van der Waals surface area contributed by atoms with E-state index in [2.05, 4.69) is 10.6 Å². The summed E-state index contributed by atoms with van der Waals surface area (Å²) in [5.41, 5.74) is 1.47. The number of carbonyl (C=O) groups excluding carboxylic acids is 2. The SMILES string of the molecule is COCCC(=O)NCc1cccc(NC(=O)CC#N)c1. The molecule has 0 radical (unpaired) electrons. The first-order valence-corrected chi connectivity index (χ1v) is 6.17. The number of amides is 2. The standard InChI is InChI=1S/C14H17N3O3/c1-20-8-6-13(18)16-10-11-3-2-4-12(9-11)17-14(19)5-7-15/h2-4,9H,5-6,8,10H2,1H3,(H,16,18)(H,17,19). The molecular formula is C14H17N3O3. The molecule has 106 valence electrons. The third kappa shape index (κ3) is 5.98. The summed E-state index contributed by atoms with van der Waals surface area (Å²) in [5.74, 6) is -0.445. The normalized spacial score (nSPS) is 9.60. The zero-order valence-electron chi connectivity index (χ0n) is 11.3. The van der Waals surface area contributed by atoms with Crippen molar-refractivity contribution in [1.29, 1.82) is 5.26 Å². The monoisotopic (exact) mass is 275 g/mol. The Labute approximate surface area is 117 Å². The van der Waals surface area contributed by atoms with Crippen molar-refractivity contribution in [3.05, 3.63) is 29.8 Å². The van der Waals surface area contributed by atoms with Crippen molar-refractivity contribution in [3.8, 4) is 6.07 Å². The van der Waals surface area contributed by atoms with Gasteiger partial charge in [-0.25, -0.2) is 0 Å². The summed E-state index contributed by atoms with van der Waals surface area (Å²) in [6, 6.07) is 8.88. The molecule has 0 aliphatic rings. The minimum atomic E-state index is -0.353. The van der Waals surface area contributed by atoms with E-state index in [1.165, 1.54) is 0 Å². The molecule has 6 nitrogen and oxygen atoms in total. The summed E-state index contributed by atoms with van der Waals surface area (Å²) < 4.78 is 4.82. The van der Waals surface area contributed by atoms with Gasteiger partial charge in [-0.2, -0.15) is 5.26 Å². The van der Waals surface area contributed by atoms with Crippen molar-refractivity contribution >= 4 is 17.5 Å². The molecule has 0 unspecified atom stereocenters. The van der Waals surface area contributed by atoms with Crippen LogP contribution in [-0.2, 0) is 20.9 Å². The highest BCUT2D eigenvalue weighted by Crippen LogP contribution is 2.10. The fourth-order valence-electron chi connectivity index (χ4n) is 1.52.